The van der Waals surface area contributed by atoms with Gasteiger partial charge >= 0.3 is 0 Å². The molecule has 0 atom stereocenters. The van der Waals surface area contributed by atoms with E-state index in [0.717, 1.165) is 17.0 Å². The van der Waals surface area contributed by atoms with Crippen LogP contribution in [0.15, 0.2) is 29.0 Å². The quantitative estimate of drug-likeness (QED) is 0.588. The van der Waals surface area contributed by atoms with Crippen LogP contribution in [0.25, 0.3) is 0 Å². The SMILES string of the molecule is C=CSc1c(C)cc(CC)cc1N. The molecule has 0 fully saturated rings. The van der Waals surface area contributed by atoms with Gasteiger partial charge in [-0.15, -0.1) is 0 Å². The molecule has 0 unspecified atom stereocenters. The molecule has 0 aliphatic rings. The van der Waals surface area contributed by atoms with Crippen molar-refractivity contribution in [1.82, 2.24) is 0 Å². The average molecular weight is 193 g/mol. The highest BCUT2D eigenvalue weighted by Crippen LogP contribution is 2.30. The molecule has 0 aromatic heterocycles. The van der Waals surface area contributed by atoms with Crippen molar-refractivity contribution in [2.75, 3.05) is 5.73 Å². The van der Waals surface area contributed by atoms with Crippen LogP contribution in [0.1, 0.15) is 18.1 Å². The van der Waals surface area contributed by atoms with Crippen LogP contribution in [0.4, 0.5) is 5.69 Å². The summed E-state index contributed by atoms with van der Waals surface area (Å²) in [6, 6.07) is 4.22. The van der Waals surface area contributed by atoms with Gasteiger partial charge < -0.3 is 5.73 Å². The van der Waals surface area contributed by atoms with Crippen LogP contribution >= 0.6 is 11.8 Å². The highest BCUT2D eigenvalue weighted by molar-refractivity contribution is 8.02. The molecule has 2 heteroatoms. The maximum Gasteiger partial charge on any atom is 0.0461 e. The fourth-order valence-corrected chi connectivity index (χ4v) is 1.93. The van der Waals surface area contributed by atoms with Crippen LogP contribution in [0.5, 0.6) is 0 Å². The van der Waals surface area contributed by atoms with Crippen LogP contribution in [-0.4, -0.2) is 0 Å². The van der Waals surface area contributed by atoms with Gasteiger partial charge in [-0.1, -0.05) is 31.3 Å². The van der Waals surface area contributed by atoms with E-state index >= 15 is 0 Å². The third-order valence-electron chi connectivity index (χ3n) is 1.97. The fraction of sp³-hybridized carbons (Fsp3) is 0.273. The Labute approximate surface area is 84.0 Å². The number of nitrogen functional groups attached to an aromatic ring is 1. The van der Waals surface area contributed by atoms with Crippen molar-refractivity contribution in [1.29, 1.82) is 0 Å². The normalized spacial score (nSPS) is 10.0. The molecular formula is C11H15NS. The highest BCUT2D eigenvalue weighted by atomic mass is 32.2. The Balaban J connectivity index is 3.14. The van der Waals surface area contributed by atoms with Gasteiger partial charge in [-0.2, -0.15) is 0 Å². The highest BCUT2D eigenvalue weighted by Gasteiger charge is 2.03. The van der Waals surface area contributed by atoms with E-state index in [1.54, 1.807) is 11.8 Å². The van der Waals surface area contributed by atoms with Crippen molar-refractivity contribution in [3.63, 3.8) is 0 Å². The zero-order chi connectivity index (χ0) is 9.84. The minimum atomic E-state index is 0.863. The lowest BCUT2D eigenvalue weighted by molar-refractivity contribution is 1.12. The molecule has 1 aromatic carbocycles. The topological polar surface area (TPSA) is 26.0 Å². The number of hydrogen-bond donors (Lipinski definition) is 1. The molecule has 1 nitrogen and oxygen atoms in total. The number of anilines is 1. The van der Waals surface area contributed by atoms with Gasteiger partial charge in [0.25, 0.3) is 0 Å². The van der Waals surface area contributed by atoms with Gasteiger partial charge in [0.1, 0.15) is 0 Å². The van der Waals surface area contributed by atoms with Crippen LogP contribution in [-0.2, 0) is 6.42 Å². The van der Waals surface area contributed by atoms with Gasteiger partial charge in [-0.3, -0.25) is 0 Å². The van der Waals surface area contributed by atoms with Crippen LogP contribution < -0.4 is 5.73 Å². The largest absolute Gasteiger partial charge is 0.398 e. The van der Waals surface area contributed by atoms with Gasteiger partial charge in [0.15, 0.2) is 0 Å². The zero-order valence-electron chi connectivity index (χ0n) is 8.13. The van der Waals surface area contributed by atoms with Crippen LogP contribution in [0, 0.1) is 6.92 Å². The molecule has 0 radical (unpaired) electrons. The van der Waals surface area contributed by atoms with Crippen molar-refractivity contribution in [3.05, 3.63) is 35.2 Å². The first-order valence-electron chi connectivity index (χ1n) is 4.35. The standard InChI is InChI=1S/C11H15NS/c1-4-9-6-8(3)11(13-5-2)10(12)7-9/h5-7H,2,4,12H2,1,3H3. The number of nitrogens with two attached hydrogens (primary N) is 1. The van der Waals surface area contributed by atoms with E-state index in [-0.39, 0.29) is 0 Å². The summed E-state index contributed by atoms with van der Waals surface area (Å²) in [7, 11) is 0. The second kappa shape index (κ2) is 4.38. The molecule has 0 bridgehead atoms. The first-order chi connectivity index (χ1) is 6.19. The Bertz CT molecular complexity index is 295. The predicted molar refractivity (Wildman–Crippen MR) is 61.0 cm³/mol. The number of benzene rings is 1. The summed E-state index contributed by atoms with van der Waals surface area (Å²) in [4.78, 5) is 1.13. The number of hydrogen-bond acceptors (Lipinski definition) is 2. The minimum Gasteiger partial charge on any atom is -0.398 e. The lowest BCUT2D eigenvalue weighted by atomic mass is 10.1. The van der Waals surface area contributed by atoms with Crippen molar-refractivity contribution in [2.24, 2.45) is 0 Å². The fourth-order valence-electron chi connectivity index (χ4n) is 1.33. The molecule has 1 aromatic rings. The van der Waals surface area contributed by atoms with E-state index in [4.69, 9.17) is 5.73 Å². The lowest BCUT2D eigenvalue weighted by Crippen LogP contribution is -1.93. The Hall–Kier alpha value is -0.890. The minimum absolute atomic E-state index is 0.863. The van der Waals surface area contributed by atoms with Gasteiger partial charge in [0.2, 0.25) is 0 Å². The van der Waals surface area contributed by atoms with Crippen molar-refractivity contribution in [3.8, 4) is 0 Å². The Kier molecular flexibility index (Phi) is 3.43. The molecule has 0 spiro atoms. The van der Waals surface area contributed by atoms with Crippen molar-refractivity contribution in [2.45, 2.75) is 25.2 Å². The summed E-state index contributed by atoms with van der Waals surface area (Å²) in [5.74, 6) is 0. The summed E-state index contributed by atoms with van der Waals surface area (Å²) in [6.07, 6.45) is 1.03. The third-order valence-corrected chi connectivity index (χ3v) is 2.93. The van der Waals surface area contributed by atoms with Crippen molar-refractivity contribution >= 4 is 17.4 Å². The van der Waals surface area contributed by atoms with E-state index in [9.17, 15) is 0 Å². The molecule has 0 amide bonds. The molecule has 0 aliphatic heterocycles. The molecule has 0 saturated heterocycles. The Morgan fingerprint density at radius 2 is 2.23 bits per heavy atom. The third kappa shape index (κ3) is 2.28. The second-order valence-corrected chi connectivity index (χ2v) is 3.95. The lowest BCUT2D eigenvalue weighted by Gasteiger charge is -2.08. The van der Waals surface area contributed by atoms with Gasteiger partial charge in [0.05, 0.1) is 0 Å². The first kappa shape index (κ1) is 10.2. The number of thioether (sulfide) groups is 1. The smallest absolute Gasteiger partial charge is 0.0461 e. The second-order valence-electron chi connectivity index (χ2n) is 2.97. The summed E-state index contributed by atoms with van der Waals surface area (Å²) in [5, 5.41) is 1.81. The Morgan fingerprint density at radius 1 is 1.54 bits per heavy atom. The van der Waals surface area contributed by atoms with E-state index in [0.29, 0.717) is 0 Å². The van der Waals surface area contributed by atoms with E-state index in [2.05, 4.69) is 26.5 Å². The van der Waals surface area contributed by atoms with Crippen LogP contribution in [0.3, 0.4) is 0 Å². The molecule has 70 valence electrons. The number of rotatable bonds is 3. The summed E-state index contributed by atoms with van der Waals surface area (Å²) in [5.41, 5.74) is 9.31. The van der Waals surface area contributed by atoms with Crippen molar-refractivity contribution < 1.29 is 0 Å². The molecule has 0 heterocycles. The summed E-state index contributed by atoms with van der Waals surface area (Å²) in [6.45, 7) is 7.91. The molecule has 13 heavy (non-hydrogen) atoms. The zero-order valence-corrected chi connectivity index (χ0v) is 8.95. The van der Waals surface area contributed by atoms with Gasteiger partial charge in [0, 0.05) is 10.6 Å². The van der Waals surface area contributed by atoms with Gasteiger partial charge in [-0.25, -0.2) is 0 Å². The molecule has 0 aliphatic carbocycles. The summed E-state index contributed by atoms with van der Waals surface area (Å²) < 4.78 is 0. The van der Waals surface area contributed by atoms with Crippen LogP contribution in [0.2, 0.25) is 0 Å². The van der Waals surface area contributed by atoms with E-state index in [1.165, 1.54) is 11.1 Å². The molecule has 2 N–H and O–H groups in total. The molecule has 0 saturated carbocycles. The predicted octanol–water partition coefficient (Wildman–Crippen LogP) is 3.38. The van der Waals surface area contributed by atoms with Gasteiger partial charge in [-0.05, 0) is 35.9 Å². The maximum atomic E-state index is 5.92. The van der Waals surface area contributed by atoms with E-state index < -0.39 is 0 Å². The maximum absolute atomic E-state index is 5.92. The first-order valence-corrected chi connectivity index (χ1v) is 5.23. The Morgan fingerprint density at radius 3 is 2.69 bits per heavy atom. The average Bonchev–Trinajstić information content (AvgIpc) is 2.11. The monoisotopic (exact) mass is 193 g/mol. The number of aryl methyl sites for hydroxylation is 2. The van der Waals surface area contributed by atoms with E-state index in [1.807, 2.05) is 11.5 Å². The summed E-state index contributed by atoms with van der Waals surface area (Å²) >= 11 is 1.59. The molecular weight excluding hydrogens is 178 g/mol. The molecule has 1 rings (SSSR count).